The van der Waals surface area contributed by atoms with Gasteiger partial charge in [-0.15, -0.1) is 0 Å². The number of para-hydroxylation sites is 1. The predicted molar refractivity (Wildman–Crippen MR) is 75.7 cm³/mol. The molecule has 1 atom stereocenters. The summed E-state index contributed by atoms with van der Waals surface area (Å²) in [6.07, 6.45) is 3.67. The molecule has 0 radical (unpaired) electrons. The molecule has 0 saturated carbocycles. The van der Waals surface area contributed by atoms with Crippen LogP contribution in [0.25, 0.3) is 0 Å². The Morgan fingerprint density at radius 2 is 2.11 bits per heavy atom. The second-order valence-corrected chi connectivity index (χ2v) is 4.70. The molecule has 0 spiro atoms. The third-order valence-corrected chi connectivity index (χ3v) is 3.10. The third-order valence-electron chi connectivity index (χ3n) is 3.10. The smallest absolute Gasteiger partial charge is 0.103 e. The van der Waals surface area contributed by atoms with E-state index in [9.17, 15) is 0 Å². The van der Waals surface area contributed by atoms with E-state index in [1.165, 1.54) is 5.56 Å². The average Bonchev–Trinajstić information content (AvgIpc) is 2.84. The molecule has 2 rings (SSSR count). The molecule has 3 N–H and O–H groups in total. The lowest BCUT2D eigenvalue weighted by Gasteiger charge is -2.18. The highest BCUT2D eigenvalue weighted by molar-refractivity contribution is 5.70. The fourth-order valence-corrected chi connectivity index (χ4v) is 2.02. The largest absolute Gasteiger partial charge is 0.469 e. The van der Waals surface area contributed by atoms with Gasteiger partial charge >= 0.3 is 0 Å². The Bertz CT molecular complexity index is 471. The van der Waals surface area contributed by atoms with Gasteiger partial charge in [-0.2, -0.15) is 0 Å². The maximum absolute atomic E-state index is 5.98. The molecule has 3 nitrogen and oxygen atoms in total. The highest BCUT2D eigenvalue weighted by Gasteiger charge is 2.08. The van der Waals surface area contributed by atoms with Gasteiger partial charge in [0.25, 0.3) is 0 Å². The molecule has 1 unspecified atom stereocenters. The van der Waals surface area contributed by atoms with Crippen LogP contribution in [0.1, 0.15) is 24.7 Å². The molecule has 18 heavy (non-hydrogen) atoms. The van der Waals surface area contributed by atoms with Crippen LogP contribution in [0.4, 0.5) is 11.4 Å². The number of nitrogen functional groups attached to an aromatic ring is 1. The van der Waals surface area contributed by atoms with Crippen LogP contribution >= 0.6 is 0 Å². The average molecular weight is 244 g/mol. The summed E-state index contributed by atoms with van der Waals surface area (Å²) in [6.45, 7) is 4.23. The Balaban J connectivity index is 1.92. The first-order chi connectivity index (χ1) is 8.66. The molecule has 0 aliphatic carbocycles. The van der Waals surface area contributed by atoms with Gasteiger partial charge in [-0.05, 0) is 44.0 Å². The van der Waals surface area contributed by atoms with Crippen LogP contribution in [0.3, 0.4) is 0 Å². The second-order valence-electron chi connectivity index (χ2n) is 4.70. The zero-order chi connectivity index (χ0) is 13.0. The van der Waals surface area contributed by atoms with Gasteiger partial charge in [0, 0.05) is 12.5 Å². The van der Waals surface area contributed by atoms with E-state index in [-0.39, 0.29) is 0 Å². The van der Waals surface area contributed by atoms with Crippen molar-refractivity contribution in [1.82, 2.24) is 0 Å². The summed E-state index contributed by atoms with van der Waals surface area (Å²) < 4.78 is 5.33. The molecule has 0 amide bonds. The molecule has 0 saturated heterocycles. The van der Waals surface area contributed by atoms with Crippen molar-refractivity contribution in [3.63, 3.8) is 0 Å². The Hall–Kier alpha value is -1.90. The van der Waals surface area contributed by atoms with Crippen molar-refractivity contribution in [3.05, 3.63) is 47.9 Å². The van der Waals surface area contributed by atoms with Crippen molar-refractivity contribution in [2.75, 3.05) is 11.1 Å². The lowest BCUT2D eigenvalue weighted by molar-refractivity contribution is 0.495. The second kappa shape index (κ2) is 5.63. The normalized spacial score (nSPS) is 12.3. The minimum Gasteiger partial charge on any atom is -0.469 e. The van der Waals surface area contributed by atoms with Crippen LogP contribution in [-0.4, -0.2) is 6.04 Å². The molecule has 2 aromatic rings. The van der Waals surface area contributed by atoms with Crippen LogP contribution in [0, 0.1) is 6.92 Å². The Labute approximate surface area is 108 Å². The highest BCUT2D eigenvalue weighted by Crippen LogP contribution is 2.24. The van der Waals surface area contributed by atoms with Gasteiger partial charge in [-0.25, -0.2) is 0 Å². The van der Waals surface area contributed by atoms with Gasteiger partial charge < -0.3 is 15.5 Å². The number of hydrogen-bond acceptors (Lipinski definition) is 3. The first-order valence-electron chi connectivity index (χ1n) is 6.31. The zero-order valence-electron chi connectivity index (χ0n) is 10.9. The van der Waals surface area contributed by atoms with E-state index < -0.39 is 0 Å². The summed E-state index contributed by atoms with van der Waals surface area (Å²) in [5.41, 5.74) is 9.01. The third kappa shape index (κ3) is 3.06. The lowest BCUT2D eigenvalue weighted by atomic mass is 10.1. The molecule has 0 bridgehead atoms. The Morgan fingerprint density at radius 1 is 1.28 bits per heavy atom. The van der Waals surface area contributed by atoms with E-state index in [0.29, 0.717) is 6.04 Å². The van der Waals surface area contributed by atoms with E-state index in [1.807, 2.05) is 24.3 Å². The summed E-state index contributed by atoms with van der Waals surface area (Å²) in [7, 11) is 0. The number of aryl methyl sites for hydroxylation is 2. The number of furan rings is 1. The monoisotopic (exact) mass is 244 g/mol. The molecule has 0 aliphatic heterocycles. The van der Waals surface area contributed by atoms with Gasteiger partial charge in [-0.3, -0.25) is 0 Å². The number of anilines is 2. The Kier molecular flexibility index (Phi) is 3.92. The van der Waals surface area contributed by atoms with Crippen LogP contribution < -0.4 is 11.1 Å². The molecule has 0 fully saturated rings. The van der Waals surface area contributed by atoms with E-state index in [0.717, 1.165) is 30.0 Å². The molecule has 1 aromatic carbocycles. The maximum Gasteiger partial charge on any atom is 0.103 e. The quantitative estimate of drug-likeness (QED) is 0.790. The standard InChI is InChI=1S/C15H20N2O/c1-11-5-3-7-14(16)15(11)17-12(2)8-9-13-6-4-10-18-13/h3-7,10,12,17H,8-9,16H2,1-2H3. The SMILES string of the molecule is Cc1cccc(N)c1NC(C)CCc1ccco1. The molecule has 0 aliphatic rings. The van der Waals surface area contributed by atoms with Crippen molar-refractivity contribution in [2.45, 2.75) is 32.7 Å². The van der Waals surface area contributed by atoms with E-state index in [2.05, 4.69) is 25.2 Å². The first-order valence-corrected chi connectivity index (χ1v) is 6.31. The van der Waals surface area contributed by atoms with Crippen molar-refractivity contribution < 1.29 is 4.42 Å². The van der Waals surface area contributed by atoms with Crippen LogP contribution in [0.2, 0.25) is 0 Å². The topological polar surface area (TPSA) is 51.2 Å². The fraction of sp³-hybridized carbons (Fsp3) is 0.333. The molecule has 3 heteroatoms. The summed E-state index contributed by atoms with van der Waals surface area (Å²) in [5, 5.41) is 3.47. The number of nitrogens with two attached hydrogens (primary N) is 1. The summed E-state index contributed by atoms with van der Waals surface area (Å²) in [6, 6.07) is 10.3. The van der Waals surface area contributed by atoms with E-state index >= 15 is 0 Å². The van der Waals surface area contributed by atoms with Crippen LogP contribution in [-0.2, 0) is 6.42 Å². The minimum absolute atomic E-state index is 0.360. The van der Waals surface area contributed by atoms with Gasteiger partial charge in [0.2, 0.25) is 0 Å². The van der Waals surface area contributed by atoms with Gasteiger partial charge in [0.1, 0.15) is 5.76 Å². The molecule has 96 valence electrons. The van der Waals surface area contributed by atoms with Gasteiger partial charge in [0.15, 0.2) is 0 Å². The van der Waals surface area contributed by atoms with E-state index in [4.69, 9.17) is 10.2 Å². The predicted octanol–water partition coefficient (Wildman–Crippen LogP) is 3.60. The number of nitrogens with one attached hydrogen (secondary N) is 1. The number of benzene rings is 1. The first kappa shape index (κ1) is 12.6. The van der Waals surface area contributed by atoms with Gasteiger partial charge in [0.05, 0.1) is 17.6 Å². The highest BCUT2D eigenvalue weighted by atomic mass is 16.3. The summed E-state index contributed by atoms with van der Waals surface area (Å²) >= 11 is 0. The lowest BCUT2D eigenvalue weighted by Crippen LogP contribution is -2.17. The molecular weight excluding hydrogens is 224 g/mol. The maximum atomic E-state index is 5.98. The van der Waals surface area contributed by atoms with Crippen molar-refractivity contribution >= 4 is 11.4 Å². The fourth-order valence-electron chi connectivity index (χ4n) is 2.02. The molecular formula is C15H20N2O. The Morgan fingerprint density at radius 3 is 2.78 bits per heavy atom. The van der Waals surface area contributed by atoms with Crippen molar-refractivity contribution in [2.24, 2.45) is 0 Å². The molecule has 1 heterocycles. The van der Waals surface area contributed by atoms with Crippen LogP contribution in [0.15, 0.2) is 41.0 Å². The van der Waals surface area contributed by atoms with Gasteiger partial charge in [-0.1, -0.05) is 12.1 Å². The van der Waals surface area contributed by atoms with E-state index in [1.54, 1.807) is 6.26 Å². The minimum atomic E-state index is 0.360. The number of rotatable bonds is 5. The van der Waals surface area contributed by atoms with Crippen molar-refractivity contribution in [1.29, 1.82) is 0 Å². The van der Waals surface area contributed by atoms with Crippen molar-refractivity contribution in [3.8, 4) is 0 Å². The summed E-state index contributed by atoms with van der Waals surface area (Å²) in [5.74, 6) is 1.03. The molecule has 1 aromatic heterocycles. The summed E-state index contributed by atoms with van der Waals surface area (Å²) in [4.78, 5) is 0. The zero-order valence-corrected chi connectivity index (χ0v) is 10.9. The number of hydrogen-bond donors (Lipinski definition) is 2. The van der Waals surface area contributed by atoms with Crippen LogP contribution in [0.5, 0.6) is 0 Å².